The fourth-order valence-electron chi connectivity index (χ4n) is 3.02. The van der Waals surface area contributed by atoms with Gasteiger partial charge < -0.3 is 14.6 Å². The largest absolute Gasteiger partial charge is 0.391 e. The van der Waals surface area contributed by atoms with E-state index in [-0.39, 0.29) is 31.2 Å². The number of rotatable bonds is 6. The van der Waals surface area contributed by atoms with Gasteiger partial charge in [-0.05, 0) is 37.3 Å². The Morgan fingerprint density at radius 1 is 1.33 bits per heavy atom. The predicted octanol–water partition coefficient (Wildman–Crippen LogP) is 2.75. The molecular weight excluding hydrogens is 332 g/mol. The van der Waals surface area contributed by atoms with Gasteiger partial charge in [0, 0.05) is 18.9 Å². The van der Waals surface area contributed by atoms with Crippen molar-refractivity contribution in [1.82, 2.24) is 0 Å². The molecule has 1 saturated carbocycles. The Bertz CT molecular complexity index is 587. The molecule has 2 rings (SSSR count). The van der Waals surface area contributed by atoms with E-state index in [1.54, 1.807) is 12.1 Å². The van der Waals surface area contributed by atoms with Gasteiger partial charge in [-0.3, -0.25) is 4.79 Å². The molecule has 132 valence electrons. The van der Waals surface area contributed by atoms with Gasteiger partial charge in [0.25, 0.3) is 0 Å². The van der Waals surface area contributed by atoms with Gasteiger partial charge in [-0.1, -0.05) is 24.3 Å². The minimum atomic E-state index is -1.65. The van der Waals surface area contributed by atoms with Crippen LogP contribution in [0.1, 0.15) is 43.7 Å². The maximum Gasteiger partial charge on any atom is 0.345 e. The van der Waals surface area contributed by atoms with Crippen LogP contribution in [0.4, 0.5) is 0 Å². The van der Waals surface area contributed by atoms with Gasteiger partial charge in [-0.2, -0.15) is 0 Å². The van der Waals surface area contributed by atoms with E-state index in [1.807, 2.05) is 19.1 Å². The third-order valence-corrected chi connectivity index (χ3v) is 4.56. The molecule has 0 heterocycles. The number of benzene rings is 1. The summed E-state index contributed by atoms with van der Waals surface area (Å²) >= 11 is 5.84. The van der Waals surface area contributed by atoms with Crippen molar-refractivity contribution >= 4 is 23.5 Å². The van der Waals surface area contributed by atoms with Crippen molar-refractivity contribution in [2.24, 2.45) is 0 Å². The summed E-state index contributed by atoms with van der Waals surface area (Å²) in [6.45, 7) is 2.38. The van der Waals surface area contributed by atoms with Crippen molar-refractivity contribution in [3.05, 3.63) is 35.4 Å². The zero-order valence-corrected chi connectivity index (χ0v) is 14.6. The van der Waals surface area contributed by atoms with Gasteiger partial charge >= 0.3 is 11.9 Å². The summed E-state index contributed by atoms with van der Waals surface area (Å²) in [5.74, 6) is -1.30. The van der Waals surface area contributed by atoms with Crippen molar-refractivity contribution in [2.45, 2.75) is 56.6 Å². The lowest BCUT2D eigenvalue weighted by Gasteiger charge is -2.34. The molecule has 0 aromatic heterocycles. The molecule has 0 amide bonds. The number of aliphatic hydroxyl groups is 1. The molecule has 0 radical (unpaired) electrons. The summed E-state index contributed by atoms with van der Waals surface area (Å²) in [5, 5.41) is 10.5. The number of hydrogen-bond acceptors (Lipinski definition) is 5. The van der Waals surface area contributed by atoms with Crippen LogP contribution >= 0.6 is 11.6 Å². The van der Waals surface area contributed by atoms with Crippen LogP contribution in [0.5, 0.6) is 0 Å². The van der Waals surface area contributed by atoms with E-state index in [9.17, 15) is 14.7 Å². The molecule has 0 spiro atoms. The summed E-state index contributed by atoms with van der Waals surface area (Å²) in [6, 6.07) is 7.21. The number of carbonyl (C=O) groups is 2. The maximum atomic E-state index is 12.3. The molecule has 1 aliphatic carbocycles. The first-order chi connectivity index (χ1) is 11.5. The van der Waals surface area contributed by atoms with E-state index in [1.165, 1.54) is 0 Å². The summed E-state index contributed by atoms with van der Waals surface area (Å²) < 4.78 is 10.4. The fourth-order valence-corrected chi connectivity index (χ4v) is 3.28. The van der Waals surface area contributed by atoms with E-state index in [4.69, 9.17) is 21.1 Å². The van der Waals surface area contributed by atoms with E-state index in [2.05, 4.69) is 0 Å². The van der Waals surface area contributed by atoms with Gasteiger partial charge in [0.1, 0.15) is 0 Å². The monoisotopic (exact) mass is 354 g/mol. The molecule has 1 aromatic carbocycles. The molecule has 0 aliphatic heterocycles. The molecule has 2 unspecified atom stereocenters. The molecule has 1 aliphatic rings. The summed E-state index contributed by atoms with van der Waals surface area (Å²) in [6.07, 6.45) is 1.64. The smallest absolute Gasteiger partial charge is 0.345 e. The van der Waals surface area contributed by atoms with Gasteiger partial charge in [0.05, 0.1) is 12.5 Å². The highest BCUT2D eigenvalue weighted by atomic mass is 35.5. The Balaban J connectivity index is 1.96. The topological polar surface area (TPSA) is 72.8 Å². The second kappa shape index (κ2) is 8.60. The zero-order chi connectivity index (χ0) is 17.6. The normalized spacial score (nSPS) is 23.7. The summed E-state index contributed by atoms with van der Waals surface area (Å²) in [5.41, 5.74) is -0.121. The number of alkyl halides is 1. The quantitative estimate of drug-likeness (QED) is 0.483. The van der Waals surface area contributed by atoms with Crippen LogP contribution in [0.2, 0.25) is 0 Å². The molecule has 1 fully saturated rings. The highest BCUT2D eigenvalue weighted by Crippen LogP contribution is 2.31. The van der Waals surface area contributed by atoms with Gasteiger partial charge in [0.15, 0.2) is 5.60 Å². The van der Waals surface area contributed by atoms with Gasteiger partial charge in [-0.15, -0.1) is 11.6 Å². The standard InChI is InChI=1S/C18H23ClO5/c1-2-23-15-8-5-9-18(22,11-15)17(21)24-16(20)10-13-6-3-4-7-14(13)12-19/h3-4,6-7,15,22H,2,5,8-12H2,1H3. The Morgan fingerprint density at radius 2 is 2.04 bits per heavy atom. The first kappa shape index (κ1) is 18.9. The lowest BCUT2D eigenvalue weighted by Crippen LogP contribution is -2.47. The molecule has 24 heavy (non-hydrogen) atoms. The van der Waals surface area contributed by atoms with E-state index < -0.39 is 17.5 Å². The average molecular weight is 355 g/mol. The van der Waals surface area contributed by atoms with E-state index in [0.717, 1.165) is 12.0 Å². The lowest BCUT2D eigenvalue weighted by molar-refractivity contribution is -0.180. The number of ether oxygens (including phenoxy) is 2. The van der Waals surface area contributed by atoms with Crippen LogP contribution in [-0.2, 0) is 31.4 Å². The van der Waals surface area contributed by atoms with Crippen molar-refractivity contribution in [3.63, 3.8) is 0 Å². The van der Waals surface area contributed by atoms with Crippen LogP contribution in [0.25, 0.3) is 0 Å². The van der Waals surface area contributed by atoms with Gasteiger partial charge in [-0.25, -0.2) is 4.79 Å². The average Bonchev–Trinajstić information content (AvgIpc) is 2.55. The van der Waals surface area contributed by atoms with E-state index in [0.29, 0.717) is 18.6 Å². The molecule has 6 heteroatoms. The molecule has 5 nitrogen and oxygen atoms in total. The number of halogens is 1. The number of carbonyl (C=O) groups excluding carboxylic acids is 2. The molecule has 2 atom stereocenters. The van der Waals surface area contributed by atoms with Crippen LogP contribution < -0.4 is 0 Å². The van der Waals surface area contributed by atoms with Crippen molar-refractivity contribution in [1.29, 1.82) is 0 Å². The third-order valence-electron chi connectivity index (χ3n) is 4.27. The zero-order valence-electron chi connectivity index (χ0n) is 13.8. The van der Waals surface area contributed by atoms with Crippen molar-refractivity contribution in [3.8, 4) is 0 Å². The van der Waals surface area contributed by atoms with Crippen LogP contribution in [0.3, 0.4) is 0 Å². The first-order valence-corrected chi connectivity index (χ1v) is 8.73. The molecule has 1 aromatic rings. The third kappa shape index (κ3) is 4.79. The molecule has 0 saturated heterocycles. The Labute approximate surface area is 146 Å². The predicted molar refractivity (Wildman–Crippen MR) is 89.6 cm³/mol. The van der Waals surface area contributed by atoms with E-state index >= 15 is 0 Å². The van der Waals surface area contributed by atoms with Gasteiger partial charge in [0.2, 0.25) is 0 Å². The minimum absolute atomic E-state index is 0.0560. The Morgan fingerprint density at radius 3 is 2.71 bits per heavy atom. The fraction of sp³-hybridized carbons (Fsp3) is 0.556. The highest BCUT2D eigenvalue weighted by molar-refractivity contribution is 6.17. The van der Waals surface area contributed by atoms with Crippen LogP contribution in [-0.4, -0.2) is 35.4 Å². The highest BCUT2D eigenvalue weighted by Gasteiger charge is 2.43. The maximum absolute atomic E-state index is 12.3. The van der Waals surface area contributed by atoms with Crippen molar-refractivity contribution in [2.75, 3.05) is 6.61 Å². The Hall–Kier alpha value is -1.43. The Kier molecular flexibility index (Phi) is 6.78. The molecular formula is C18H23ClO5. The number of esters is 2. The lowest BCUT2D eigenvalue weighted by atomic mass is 9.83. The molecule has 1 N–H and O–H groups in total. The summed E-state index contributed by atoms with van der Waals surface area (Å²) in [7, 11) is 0. The van der Waals surface area contributed by atoms with Crippen molar-refractivity contribution < 1.29 is 24.2 Å². The van der Waals surface area contributed by atoms with Crippen LogP contribution in [0, 0.1) is 0 Å². The van der Waals surface area contributed by atoms with Crippen LogP contribution in [0.15, 0.2) is 24.3 Å². The molecule has 0 bridgehead atoms. The second-order valence-electron chi connectivity index (χ2n) is 6.05. The summed E-state index contributed by atoms with van der Waals surface area (Å²) in [4.78, 5) is 24.3. The second-order valence-corrected chi connectivity index (χ2v) is 6.31. The SMILES string of the molecule is CCOC1CCCC(O)(C(=O)OC(=O)Cc2ccccc2CCl)C1. The number of hydrogen-bond donors (Lipinski definition) is 1. The first-order valence-electron chi connectivity index (χ1n) is 8.20. The minimum Gasteiger partial charge on any atom is -0.391 e.